The highest BCUT2D eigenvalue weighted by molar-refractivity contribution is 5.87. The summed E-state index contributed by atoms with van der Waals surface area (Å²) in [6.07, 6.45) is 4.16. The van der Waals surface area contributed by atoms with E-state index in [1.807, 2.05) is 19.1 Å². The number of nitrogens with zero attached hydrogens (tertiary/aromatic N) is 1. The third-order valence-electron chi connectivity index (χ3n) is 4.87. The number of carboxylic acids is 1. The van der Waals surface area contributed by atoms with Crippen molar-refractivity contribution in [3.8, 4) is 0 Å². The lowest BCUT2D eigenvalue weighted by Gasteiger charge is -2.39. The first kappa shape index (κ1) is 14.5. The molecule has 6 nitrogen and oxygen atoms in total. The van der Waals surface area contributed by atoms with E-state index in [4.69, 9.17) is 4.74 Å². The maximum Gasteiger partial charge on any atom is 0.307 e. The highest BCUT2D eigenvalue weighted by Crippen LogP contribution is 2.48. The van der Waals surface area contributed by atoms with E-state index in [0.717, 1.165) is 6.42 Å². The molecule has 6 unspecified atom stereocenters. The van der Waals surface area contributed by atoms with Gasteiger partial charge in [-0.2, -0.15) is 0 Å². The number of carbonyl (C=O) groups excluding carboxylic acids is 1. The summed E-state index contributed by atoms with van der Waals surface area (Å²) >= 11 is 0. The van der Waals surface area contributed by atoms with Gasteiger partial charge in [-0.1, -0.05) is 12.2 Å². The minimum absolute atomic E-state index is 0.0199. The molecule has 6 heteroatoms. The number of carboxylic acid groups (broad SMARTS) is 1. The van der Waals surface area contributed by atoms with Gasteiger partial charge in [0.05, 0.1) is 30.7 Å². The molecule has 3 rings (SSSR count). The number of amides is 1. The molecule has 2 fully saturated rings. The second-order valence-corrected chi connectivity index (χ2v) is 6.33. The number of allylic oxidation sites excluding steroid dienone is 2. The third-order valence-corrected chi connectivity index (χ3v) is 4.87. The minimum atomic E-state index is -0.884. The normalized spacial score (nSPS) is 41.5. The van der Waals surface area contributed by atoms with Crippen molar-refractivity contribution < 1.29 is 24.5 Å². The monoisotopic (exact) mass is 295 g/mol. The molecule has 3 aliphatic rings. The molecule has 21 heavy (non-hydrogen) atoms. The van der Waals surface area contributed by atoms with Crippen LogP contribution in [0.1, 0.15) is 13.3 Å². The zero-order chi connectivity index (χ0) is 15.1. The zero-order valence-electron chi connectivity index (χ0n) is 12.0. The lowest BCUT2D eigenvalue weighted by molar-refractivity contribution is -0.158. The second kappa shape index (κ2) is 5.42. The van der Waals surface area contributed by atoms with Crippen molar-refractivity contribution in [1.82, 2.24) is 4.90 Å². The van der Waals surface area contributed by atoms with Crippen LogP contribution >= 0.6 is 0 Å². The molecule has 0 aromatic heterocycles. The van der Waals surface area contributed by atoms with Gasteiger partial charge in [-0.05, 0) is 25.2 Å². The molecule has 2 N–H and O–H groups in total. The molecule has 0 aromatic carbocycles. The van der Waals surface area contributed by atoms with Crippen LogP contribution in [0.25, 0.3) is 0 Å². The van der Waals surface area contributed by atoms with Crippen LogP contribution in [0.3, 0.4) is 0 Å². The predicted octanol–water partition coefficient (Wildman–Crippen LogP) is 0.117. The van der Waals surface area contributed by atoms with Crippen LogP contribution in [0.2, 0.25) is 0 Å². The molecule has 1 saturated carbocycles. The Labute approximate surface area is 123 Å². The number of ether oxygens (including phenoxy) is 1. The number of hydrogen-bond acceptors (Lipinski definition) is 4. The Bertz CT molecular complexity index is 477. The summed E-state index contributed by atoms with van der Waals surface area (Å²) < 4.78 is 5.54. The summed E-state index contributed by atoms with van der Waals surface area (Å²) in [6, 6.07) is 0. The van der Waals surface area contributed by atoms with Gasteiger partial charge in [0.25, 0.3) is 0 Å². The molecule has 1 amide bonds. The second-order valence-electron chi connectivity index (χ2n) is 6.33. The fourth-order valence-corrected chi connectivity index (χ4v) is 4.03. The van der Waals surface area contributed by atoms with Crippen LogP contribution in [0.5, 0.6) is 0 Å². The van der Waals surface area contributed by atoms with E-state index in [1.54, 1.807) is 4.90 Å². The molecule has 116 valence electrons. The molecule has 2 aliphatic carbocycles. The lowest BCUT2D eigenvalue weighted by Crippen LogP contribution is -2.53. The van der Waals surface area contributed by atoms with Gasteiger partial charge >= 0.3 is 5.97 Å². The molecule has 1 aliphatic heterocycles. The number of hydrogen-bond donors (Lipinski definition) is 2. The molecule has 0 aromatic rings. The number of morpholine rings is 1. The summed E-state index contributed by atoms with van der Waals surface area (Å²) in [7, 11) is 0. The number of aliphatic hydroxyl groups is 1. The van der Waals surface area contributed by atoms with Gasteiger partial charge in [0, 0.05) is 13.1 Å². The SMILES string of the molecule is CC1CN(C(=O)C2C3C=CC(C3)C2C(=O)O)CC(CO)O1. The van der Waals surface area contributed by atoms with E-state index in [0.29, 0.717) is 13.1 Å². The maximum absolute atomic E-state index is 12.8. The van der Waals surface area contributed by atoms with Crippen LogP contribution in [-0.4, -0.2) is 58.9 Å². The molecular weight excluding hydrogens is 274 g/mol. The summed E-state index contributed by atoms with van der Waals surface area (Å²) in [6.45, 7) is 2.52. The van der Waals surface area contributed by atoms with Crippen molar-refractivity contribution >= 4 is 11.9 Å². The molecular formula is C15H21NO5. The van der Waals surface area contributed by atoms with E-state index < -0.39 is 17.8 Å². The maximum atomic E-state index is 12.8. The average Bonchev–Trinajstić information content (AvgIpc) is 3.06. The van der Waals surface area contributed by atoms with Crippen LogP contribution in [0, 0.1) is 23.7 Å². The van der Waals surface area contributed by atoms with Crippen molar-refractivity contribution in [3.63, 3.8) is 0 Å². The quantitative estimate of drug-likeness (QED) is 0.722. The fraction of sp³-hybridized carbons (Fsp3) is 0.733. The van der Waals surface area contributed by atoms with Crippen LogP contribution in [-0.2, 0) is 14.3 Å². The smallest absolute Gasteiger partial charge is 0.307 e. The van der Waals surface area contributed by atoms with Crippen molar-refractivity contribution in [3.05, 3.63) is 12.2 Å². The third kappa shape index (κ3) is 2.46. The van der Waals surface area contributed by atoms with Crippen LogP contribution < -0.4 is 0 Å². The van der Waals surface area contributed by atoms with E-state index in [1.165, 1.54) is 0 Å². The molecule has 6 atom stereocenters. The number of aliphatic hydroxyl groups excluding tert-OH is 1. The zero-order valence-corrected chi connectivity index (χ0v) is 12.0. The van der Waals surface area contributed by atoms with Crippen LogP contribution in [0.15, 0.2) is 12.2 Å². The molecule has 1 saturated heterocycles. The predicted molar refractivity (Wildman–Crippen MR) is 73.4 cm³/mol. The number of aliphatic carboxylic acids is 1. The van der Waals surface area contributed by atoms with Crippen molar-refractivity contribution in [2.45, 2.75) is 25.6 Å². The van der Waals surface area contributed by atoms with E-state index >= 15 is 0 Å². The van der Waals surface area contributed by atoms with Gasteiger partial charge in [0.2, 0.25) is 5.91 Å². The Morgan fingerprint density at radius 2 is 1.90 bits per heavy atom. The van der Waals surface area contributed by atoms with E-state index in [9.17, 15) is 19.8 Å². The van der Waals surface area contributed by atoms with Crippen molar-refractivity contribution in [2.24, 2.45) is 23.7 Å². The highest BCUT2D eigenvalue weighted by Gasteiger charge is 2.53. The standard InChI is InChI=1S/C15H21NO5/c1-8-5-16(6-11(7-17)21-8)14(18)12-9-2-3-10(4-9)13(12)15(19)20/h2-3,8-13,17H,4-7H2,1H3,(H,19,20). The Morgan fingerprint density at radius 3 is 2.52 bits per heavy atom. The fourth-order valence-electron chi connectivity index (χ4n) is 4.03. The number of fused-ring (bicyclic) bond motifs is 2. The Morgan fingerprint density at radius 1 is 1.24 bits per heavy atom. The van der Waals surface area contributed by atoms with E-state index in [-0.39, 0.29) is 36.6 Å². The van der Waals surface area contributed by atoms with Crippen molar-refractivity contribution in [1.29, 1.82) is 0 Å². The molecule has 1 heterocycles. The Balaban J connectivity index is 1.78. The topological polar surface area (TPSA) is 87.1 Å². The summed E-state index contributed by atoms with van der Waals surface area (Å²) in [5.74, 6) is -2.05. The number of carbonyl (C=O) groups is 2. The van der Waals surface area contributed by atoms with E-state index in [2.05, 4.69) is 0 Å². The highest BCUT2D eigenvalue weighted by atomic mass is 16.5. The average molecular weight is 295 g/mol. The van der Waals surface area contributed by atoms with Crippen molar-refractivity contribution in [2.75, 3.05) is 19.7 Å². The lowest BCUT2D eigenvalue weighted by atomic mass is 9.82. The van der Waals surface area contributed by atoms with Gasteiger partial charge in [-0.25, -0.2) is 0 Å². The Hall–Kier alpha value is -1.40. The molecule has 0 radical (unpaired) electrons. The first-order valence-corrected chi connectivity index (χ1v) is 7.47. The van der Waals surface area contributed by atoms with Gasteiger partial charge in [-0.3, -0.25) is 9.59 Å². The van der Waals surface area contributed by atoms with Crippen LogP contribution in [0.4, 0.5) is 0 Å². The molecule has 0 spiro atoms. The van der Waals surface area contributed by atoms with Gasteiger partial charge in [0.15, 0.2) is 0 Å². The summed E-state index contributed by atoms with van der Waals surface area (Å²) in [5.41, 5.74) is 0. The van der Waals surface area contributed by atoms with Gasteiger partial charge < -0.3 is 19.8 Å². The Kier molecular flexibility index (Phi) is 3.75. The summed E-state index contributed by atoms with van der Waals surface area (Å²) in [5, 5.41) is 18.7. The summed E-state index contributed by atoms with van der Waals surface area (Å²) in [4.78, 5) is 26.0. The number of rotatable bonds is 3. The minimum Gasteiger partial charge on any atom is -0.481 e. The van der Waals surface area contributed by atoms with Gasteiger partial charge in [0.1, 0.15) is 0 Å². The van der Waals surface area contributed by atoms with Gasteiger partial charge in [-0.15, -0.1) is 0 Å². The first-order valence-electron chi connectivity index (χ1n) is 7.47. The molecule has 2 bridgehead atoms. The largest absolute Gasteiger partial charge is 0.481 e. The first-order chi connectivity index (χ1) is 10.0.